The highest BCUT2D eigenvalue weighted by Crippen LogP contribution is 2.27. The van der Waals surface area contributed by atoms with Crippen molar-refractivity contribution in [2.75, 3.05) is 7.11 Å². The van der Waals surface area contributed by atoms with Crippen LogP contribution < -0.4 is 10.4 Å². The zero-order chi connectivity index (χ0) is 16.2. The normalized spacial score (nSPS) is 10.8. The van der Waals surface area contributed by atoms with Gasteiger partial charge in [0.2, 0.25) is 0 Å². The van der Waals surface area contributed by atoms with E-state index in [1.54, 1.807) is 25.6 Å². The number of aromatic nitrogens is 3. The number of benzene rings is 1. The zero-order valence-electron chi connectivity index (χ0n) is 12.6. The van der Waals surface area contributed by atoms with Gasteiger partial charge >= 0.3 is 5.63 Å². The highest BCUT2D eigenvalue weighted by molar-refractivity contribution is 7.98. The van der Waals surface area contributed by atoms with E-state index in [0.29, 0.717) is 23.6 Å². The number of ether oxygens (including phenoxy) is 1. The van der Waals surface area contributed by atoms with Gasteiger partial charge in [0, 0.05) is 29.8 Å². The molecular weight excluding hydrogens is 314 g/mol. The van der Waals surface area contributed by atoms with Gasteiger partial charge in [-0.2, -0.15) is 0 Å². The Kier molecular flexibility index (Phi) is 4.47. The molecule has 0 aliphatic rings. The van der Waals surface area contributed by atoms with Crippen LogP contribution in [0, 0.1) is 0 Å². The second-order valence-electron chi connectivity index (χ2n) is 4.80. The number of thioether (sulfide) groups is 1. The Balaban J connectivity index is 1.91. The molecule has 0 saturated heterocycles. The van der Waals surface area contributed by atoms with E-state index in [2.05, 4.69) is 16.8 Å². The minimum Gasteiger partial charge on any atom is -0.497 e. The summed E-state index contributed by atoms with van der Waals surface area (Å²) in [6, 6.07) is 6.96. The second-order valence-corrected chi connectivity index (χ2v) is 5.74. The van der Waals surface area contributed by atoms with E-state index in [1.165, 1.54) is 17.8 Å². The molecule has 0 saturated carbocycles. The van der Waals surface area contributed by atoms with E-state index in [4.69, 9.17) is 9.15 Å². The average molecular weight is 329 g/mol. The van der Waals surface area contributed by atoms with Gasteiger partial charge in [-0.15, -0.1) is 16.8 Å². The van der Waals surface area contributed by atoms with Gasteiger partial charge in [0.25, 0.3) is 0 Å². The molecule has 0 bridgehead atoms. The maximum Gasteiger partial charge on any atom is 0.336 e. The van der Waals surface area contributed by atoms with Crippen LogP contribution in [0.1, 0.15) is 5.56 Å². The molecule has 0 spiro atoms. The van der Waals surface area contributed by atoms with Gasteiger partial charge in [-0.1, -0.05) is 17.8 Å². The third kappa shape index (κ3) is 3.29. The number of rotatable bonds is 6. The molecule has 1 aromatic carbocycles. The summed E-state index contributed by atoms with van der Waals surface area (Å²) in [5.74, 6) is 1.24. The van der Waals surface area contributed by atoms with Gasteiger partial charge in [-0.3, -0.25) is 0 Å². The fraction of sp³-hybridized carbons (Fsp3) is 0.188. The van der Waals surface area contributed by atoms with Crippen molar-refractivity contribution in [1.82, 2.24) is 14.8 Å². The lowest BCUT2D eigenvalue weighted by Gasteiger charge is -2.07. The number of hydrogen-bond acceptors (Lipinski definition) is 6. The van der Waals surface area contributed by atoms with Gasteiger partial charge in [-0.25, -0.2) is 4.79 Å². The van der Waals surface area contributed by atoms with E-state index in [-0.39, 0.29) is 5.63 Å². The third-order valence-corrected chi connectivity index (χ3v) is 4.33. The number of fused-ring (bicyclic) bond motifs is 1. The maximum absolute atomic E-state index is 11.8. The molecule has 0 amide bonds. The van der Waals surface area contributed by atoms with E-state index in [9.17, 15) is 4.79 Å². The van der Waals surface area contributed by atoms with E-state index < -0.39 is 0 Å². The molecule has 2 heterocycles. The van der Waals surface area contributed by atoms with Crippen LogP contribution in [0.2, 0.25) is 0 Å². The summed E-state index contributed by atoms with van der Waals surface area (Å²) in [5, 5.41) is 9.65. The third-order valence-electron chi connectivity index (χ3n) is 3.30. The first-order chi connectivity index (χ1) is 11.2. The van der Waals surface area contributed by atoms with Crippen molar-refractivity contribution in [3.8, 4) is 5.75 Å². The van der Waals surface area contributed by atoms with Crippen molar-refractivity contribution in [3.63, 3.8) is 0 Å². The summed E-state index contributed by atoms with van der Waals surface area (Å²) in [5.41, 5.74) is 1.02. The quantitative estimate of drug-likeness (QED) is 0.393. The number of hydrogen-bond donors (Lipinski definition) is 0. The van der Waals surface area contributed by atoms with E-state index in [1.807, 2.05) is 16.7 Å². The molecular formula is C16H15N3O3S. The summed E-state index contributed by atoms with van der Waals surface area (Å²) in [4.78, 5) is 11.8. The van der Waals surface area contributed by atoms with Gasteiger partial charge in [0.05, 0.1) is 7.11 Å². The van der Waals surface area contributed by atoms with Crippen LogP contribution in [0.5, 0.6) is 5.75 Å². The van der Waals surface area contributed by atoms with Crippen LogP contribution in [0.15, 0.2) is 57.6 Å². The predicted octanol–water partition coefficient (Wildman–Crippen LogP) is 2.87. The van der Waals surface area contributed by atoms with Gasteiger partial charge < -0.3 is 13.7 Å². The Labute approximate surface area is 136 Å². The maximum atomic E-state index is 11.8. The van der Waals surface area contributed by atoms with E-state index in [0.717, 1.165) is 16.1 Å². The van der Waals surface area contributed by atoms with Crippen LogP contribution in [0.3, 0.4) is 0 Å². The second kappa shape index (κ2) is 6.70. The zero-order valence-corrected chi connectivity index (χ0v) is 13.4. The average Bonchev–Trinajstić information content (AvgIpc) is 2.99. The fourth-order valence-electron chi connectivity index (χ4n) is 2.22. The molecule has 0 unspecified atom stereocenters. The SMILES string of the molecule is C=CCn1cnnc1SCc1cc(=O)oc2cc(OC)ccc12. The Hall–Kier alpha value is -2.54. The van der Waals surface area contributed by atoms with Gasteiger partial charge in [0.1, 0.15) is 17.7 Å². The summed E-state index contributed by atoms with van der Waals surface area (Å²) < 4.78 is 12.3. The van der Waals surface area contributed by atoms with Crippen molar-refractivity contribution in [1.29, 1.82) is 0 Å². The lowest BCUT2D eigenvalue weighted by Crippen LogP contribution is -2.01. The minimum absolute atomic E-state index is 0.381. The molecule has 0 aliphatic heterocycles. The Morgan fingerprint density at radius 2 is 2.30 bits per heavy atom. The molecule has 3 aromatic rings. The van der Waals surface area contributed by atoms with Crippen LogP contribution in [0.25, 0.3) is 11.0 Å². The summed E-state index contributed by atoms with van der Waals surface area (Å²) in [6.45, 7) is 4.36. The smallest absolute Gasteiger partial charge is 0.336 e. The van der Waals surface area contributed by atoms with Crippen molar-refractivity contribution in [2.24, 2.45) is 0 Å². The Morgan fingerprint density at radius 1 is 1.43 bits per heavy atom. The first kappa shape index (κ1) is 15.4. The van der Waals surface area contributed by atoms with Crippen molar-refractivity contribution in [2.45, 2.75) is 17.5 Å². The molecule has 0 aliphatic carbocycles. The molecule has 0 N–H and O–H groups in total. The first-order valence-corrected chi connectivity index (χ1v) is 7.92. The molecule has 0 radical (unpaired) electrons. The highest BCUT2D eigenvalue weighted by atomic mass is 32.2. The molecule has 0 fully saturated rings. The Morgan fingerprint density at radius 3 is 3.09 bits per heavy atom. The summed E-state index contributed by atoms with van der Waals surface area (Å²) in [6.07, 6.45) is 3.44. The molecule has 0 atom stereocenters. The standard InChI is InChI=1S/C16H15N3O3S/c1-3-6-19-10-17-18-16(19)23-9-11-7-15(20)22-14-8-12(21-2)4-5-13(11)14/h3-5,7-8,10H,1,6,9H2,2H3. The van der Waals surface area contributed by atoms with Crippen LogP contribution in [0.4, 0.5) is 0 Å². The molecule has 23 heavy (non-hydrogen) atoms. The molecule has 7 heteroatoms. The topological polar surface area (TPSA) is 70.2 Å². The molecule has 2 aromatic heterocycles. The van der Waals surface area contributed by atoms with Crippen LogP contribution in [-0.2, 0) is 12.3 Å². The lowest BCUT2D eigenvalue weighted by atomic mass is 10.1. The number of allylic oxidation sites excluding steroid dienone is 1. The van der Waals surface area contributed by atoms with Crippen molar-refractivity contribution >= 4 is 22.7 Å². The number of methoxy groups -OCH3 is 1. The Bertz CT molecular complexity index is 901. The van der Waals surface area contributed by atoms with Gasteiger partial charge in [0.15, 0.2) is 5.16 Å². The fourth-order valence-corrected chi connectivity index (χ4v) is 3.14. The monoisotopic (exact) mass is 329 g/mol. The number of nitrogens with zero attached hydrogens (tertiary/aromatic N) is 3. The van der Waals surface area contributed by atoms with Crippen molar-refractivity contribution in [3.05, 3.63) is 59.2 Å². The van der Waals surface area contributed by atoms with Gasteiger partial charge in [-0.05, 0) is 17.7 Å². The van der Waals surface area contributed by atoms with E-state index >= 15 is 0 Å². The summed E-state index contributed by atoms with van der Waals surface area (Å²) >= 11 is 1.51. The lowest BCUT2D eigenvalue weighted by molar-refractivity contribution is 0.414. The minimum atomic E-state index is -0.381. The summed E-state index contributed by atoms with van der Waals surface area (Å²) in [7, 11) is 1.57. The highest BCUT2D eigenvalue weighted by Gasteiger charge is 2.10. The molecule has 3 rings (SSSR count). The van der Waals surface area contributed by atoms with Crippen molar-refractivity contribution < 1.29 is 9.15 Å². The molecule has 6 nitrogen and oxygen atoms in total. The largest absolute Gasteiger partial charge is 0.497 e. The predicted molar refractivity (Wildman–Crippen MR) is 88.8 cm³/mol. The van der Waals surface area contributed by atoms with Crippen LogP contribution in [-0.4, -0.2) is 21.9 Å². The first-order valence-electron chi connectivity index (χ1n) is 6.93. The molecule has 118 valence electrons. The van der Waals surface area contributed by atoms with Crippen LogP contribution >= 0.6 is 11.8 Å².